The molecule has 1 atom stereocenters. The van der Waals surface area contributed by atoms with Crippen LogP contribution in [0, 0.1) is 18.6 Å². The van der Waals surface area contributed by atoms with Crippen molar-refractivity contribution < 1.29 is 18.3 Å². The largest absolute Gasteiger partial charge is 0.484 e. The number of Topliss-reactive ketones (excluding diaryl/α,β-unsaturated/α-hetero) is 1. The number of carbonyl (C=O) groups excluding carboxylic acids is 1. The predicted molar refractivity (Wildman–Crippen MR) is 69.9 cm³/mol. The van der Waals surface area contributed by atoms with Gasteiger partial charge in [-0.1, -0.05) is 11.6 Å². The molecular weight excluding hydrogens is 262 g/mol. The van der Waals surface area contributed by atoms with Crippen LogP contribution >= 0.6 is 0 Å². The zero-order valence-electron chi connectivity index (χ0n) is 10.8. The molecule has 1 unspecified atom stereocenters. The number of rotatable bonds is 1. The summed E-state index contributed by atoms with van der Waals surface area (Å²) in [4.78, 5) is 12.0. The quantitative estimate of drug-likeness (QED) is 0.786. The van der Waals surface area contributed by atoms with E-state index in [1.54, 1.807) is 12.1 Å². The Bertz CT molecular complexity index is 695. The third kappa shape index (κ3) is 2.18. The van der Waals surface area contributed by atoms with Crippen molar-refractivity contribution in [1.82, 2.24) is 0 Å². The number of hydrogen-bond donors (Lipinski definition) is 0. The van der Waals surface area contributed by atoms with E-state index in [4.69, 9.17) is 4.74 Å². The summed E-state index contributed by atoms with van der Waals surface area (Å²) >= 11 is 0. The molecule has 102 valence electrons. The van der Waals surface area contributed by atoms with E-state index in [0.29, 0.717) is 11.3 Å². The third-order valence-electron chi connectivity index (χ3n) is 3.38. The highest BCUT2D eigenvalue weighted by Crippen LogP contribution is 2.36. The zero-order valence-corrected chi connectivity index (χ0v) is 10.8. The summed E-state index contributed by atoms with van der Waals surface area (Å²) in [5.74, 6) is -0.829. The van der Waals surface area contributed by atoms with Crippen molar-refractivity contribution in [3.63, 3.8) is 0 Å². The first-order valence-electron chi connectivity index (χ1n) is 6.30. The molecule has 1 aliphatic heterocycles. The first-order chi connectivity index (χ1) is 9.54. The number of hydrogen-bond acceptors (Lipinski definition) is 2. The second-order valence-electron chi connectivity index (χ2n) is 4.90. The molecule has 0 aromatic heterocycles. The zero-order chi connectivity index (χ0) is 14.3. The first-order valence-corrected chi connectivity index (χ1v) is 6.30. The van der Waals surface area contributed by atoms with Crippen molar-refractivity contribution in [3.8, 4) is 5.75 Å². The molecule has 3 rings (SSSR count). The average Bonchev–Trinajstić information content (AvgIpc) is 2.42. The number of fused-ring (bicyclic) bond motifs is 1. The highest BCUT2D eigenvalue weighted by atomic mass is 19.1. The molecule has 4 heteroatoms. The van der Waals surface area contributed by atoms with Crippen molar-refractivity contribution in [2.24, 2.45) is 0 Å². The Kier molecular flexibility index (Phi) is 3.01. The fourth-order valence-corrected chi connectivity index (χ4v) is 2.38. The number of ketones is 1. The second kappa shape index (κ2) is 4.71. The molecular formula is C16H12F2O2. The van der Waals surface area contributed by atoms with Crippen molar-refractivity contribution in [2.45, 2.75) is 19.4 Å². The van der Waals surface area contributed by atoms with Crippen LogP contribution in [0.5, 0.6) is 5.75 Å². The summed E-state index contributed by atoms with van der Waals surface area (Å²) in [5, 5.41) is 0. The lowest BCUT2D eigenvalue weighted by Gasteiger charge is -2.26. The standard InChI is InChI=1S/C16H12F2O2/c1-9-2-4-13(18)11(6-9)16-8-14(19)12-7-10(17)3-5-15(12)20-16/h2-7,16H,8H2,1H3. The molecule has 0 saturated carbocycles. The number of benzene rings is 2. The highest BCUT2D eigenvalue weighted by molar-refractivity contribution is 6.00. The lowest BCUT2D eigenvalue weighted by molar-refractivity contribution is 0.0844. The molecule has 1 heterocycles. The second-order valence-corrected chi connectivity index (χ2v) is 4.90. The smallest absolute Gasteiger partial charge is 0.170 e. The summed E-state index contributed by atoms with van der Waals surface area (Å²) in [6, 6.07) is 8.47. The number of aryl methyl sites for hydroxylation is 1. The molecule has 2 aromatic carbocycles. The van der Waals surface area contributed by atoms with Gasteiger partial charge in [0.1, 0.15) is 23.5 Å². The van der Waals surface area contributed by atoms with Gasteiger partial charge in [-0.2, -0.15) is 0 Å². The van der Waals surface area contributed by atoms with Gasteiger partial charge in [-0.05, 0) is 37.3 Å². The minimum Gasteiger partial charge on any atom is -0.484 e. The topological polar surface area (TPSA) is 26.3 Å². The Morgan fingerprint density at radius 3 is 2.75 bits per heavy atom. The Labute approximate surface area is 115 Å². The van der Waals surface area contributed by atoms with E-state index in [0.717, 1.165) is 11.6 Å². The highest BCUT2D eigenvalue weighted by Gasteiger charge is 2.29. The molecule has 0 aliphatic carbocycles. The van der Waals surface area contributed by atoms with Gasteiger partial charge in [-0.15, -0.1) is 0 Å². The molecule has 0 saturated heterocycles. The van der Waals surface area contributed by atoms with E-state index < -0.39 is 17.7 Å². The number of carbonyl (C=O) groups is 1. The molecule has 20 heavy (non-hydrogen) atoms. The van der Waals surface area contributed by atoms with Crippen LogP contribution in [0.2, 0.25) is 0 Å². The third-order valence-corrected chi connectivity index (χ3v) is 3.38. The van der Waals surface area contributed by atoms with Gasteiger partial charge >= 0.3 is 0 Å². The van der Waals surface area contributed by atoms with Crippen molar-refractivity contribution in [1.29, 1.82) is 0 Å². The SMILES string of the molecule is Cc1ccc(F)c(C2CC(=O)c3cc(F)ccc3O2)c1. The van der Waals surface area contributed by atoms with E-state index in [9.17, 15) is 13.6 Å². The minimum atomic E-state index is -0.666. The maximum Gasteiger partial charge on any atom is 0.170 e. The summed E-state index contributed by atoms with van der Waals surface area (Å²) in [6.07, 6.45) is -0.656. The maximum absolute atomic E-state index is 13.9. The molecule has 0 radical (unpaired) electrons. The summed E-state index contributed by atoms with van der Waals surface area (Å²) < 4.78 is 32.7. The van der Waals surface area contributed by atoms with Crippen molar-refractivity contribution >= 4 is 5.78 Å². The molecule has 1 aliphatic rings. The van der Waals surface area contributed by atoms with E-state index in [1.807, 2.05) is 6.92 Å². The minimum absolute atomic E-state index is 0.0107. The molecule has 0 spiro atoms. The van der Waals surface area contributed by atoms with Crippen molar-refractivity contribution in [3.05, 3.63) is 64.7 Å². The molecule has 0 amide bonds. The van der Waals surface area contributed by atoms with Crippen LogP contribution in [-0.2, 0) is 0 Å². The Morgan fingerprint density at radius 2 is 1.95 bits per heavy atom. The predicted octanol–water partition coefficient (Wildman–Crippen LogP) is 3.98. The lowest BCUT2D eigenvalue weighted by Crippen LogP contribution is -2.21. The fourth-order valence-electron chi connectivity index (χ4n) is 2.38. The van der Waals surface area contributed by atoms with Gasteiger partial charge in [-0.25, -0.2) is 8.78 Å². The summed E-state index contributed by atoms with van der Waals surface area (Å²) in [6.45, 7) is 1.84. The van der Waals surface area contributed by atoms with Gasteiger partial charge in [0, 0.05) is 5.56 Å². The van der Waals surface area contributed by atoms with Crippen LogP contribution in [0.15, 0.2) is 36.4 Å². The van der Waals surface area contributed by atoms with Crippen LogP contribution in [0.4, 0.5) is 8.78 Å². The molecule has 0 fully saturated rings. The van der Waals surface area contributed by atoms with Gasteiger partial charge in [0.15, 0.2) is 5.78 Å². The first kappa shape index (κ1) is 12.8. The average molecular weight is 274 g/mol. The van der Waals surface area contributed by atoms with Gasteiger partial charge < -0.3 is 4.74 Å². The fraction of sp³-hybridized carbons (Fsp3) is 0.188. The van der Waals surface area contributed by atoms with Gasteiger partial charge in [0.2, 0.25) is 0 Å². The molecule has 0 bridgehead atoms. The van der Waals surface area contributed by atoms with E-state index >= 15 is 0 Å². The molecule has 0 N–H and O–H groups in total. The van der Waals surface area contributed by atoms with Gasteiger partial charge in [0.25, 0.3) is 0 Å². The normalized spacial score (nSPS) is 17.6. The summed E-state index contributed by atoms with van der Waals surface area (Å²) in [5.41, 5.74) is 1.46. The van der Waals surface area contributed by atoms with Crippen LogP contribution in [-0.4, -0.2) is 5.78 Å². The van der Waals surface area contributed by atoms with Crippen molar-refractivity contribution in [2.75, 3.05) is 0 Å². The van der Waals surface area contributed by atoms with E-state index in [1.165, 1.54) is 18.2 Å². The number of ether oxygens (including phenoxy) is 1. The van der Waals surface area contributed by atoms with Crippen LogP contribution < -0.4 is 4.74 Å². The van der Waals surface area contributed by atoms with E-state index in [-0.39, 0.29) is 17.8 Å². The van der Waals surface area contributed by atoms with E-state index in [2.05, 4.69) is 0 Å². The maximum atomic E-state index is 13.9. The summed E-state index contributed by atoms with van der Waals surface area (Å²) in [7, 11) is 0. The number of halogens is 2. The molecule has 2 nitrogen and oxygen atoms in total. The van der Waals surface area contributed by atoms with Crippen LogP contribution in [0.25, 0.3) is 0 Å². The van der Waals surface area contributed by atoms with Crippen LogP contribution in [0.1, 0.15) is 34.0 Å². The van der Waals surface area contributed by atoms with Gasteiger partial charge in [0.05, 0.1) is 12.0 Å². The van der Waals surface area contributed by atoms with Gasteiger partial charge in [-0.3, -0.25) is 4.79 Å². The monoisotopic (exact) mass is 274 g/mol. The Morgan fingerprint density at radius 1 is 1.15 bits per heavy atom. The Balaban J connectivity index is 2.01. The Hall–Kier alpha value is -2.23. The lowest BCUT2D eigenvalue weighted by atomic mass is 9.95. The van der Waals surface area contributed by atoms with Crippen LogP contribution in [0.3, 0.4) is 0 Å². The molecule has 2 aromatic rings.